The van der Waals surface area contributed by atoms with Crippen LogP contribution in [-0.2, 0) is 6.18 Å². The van der Waals surface area contributed by atoms with Gasteiger partial charge in [0.25, 0.3) is 0 Å². The molecule has 6 aromatic heterocycles. The van der Waals surface area contributed by atoms with Crippen molar-refractivity contribution >= 4 is 131 Å². The molecule has 0 saturated heterocycles. The van der Waals surface area contributed by atoms with Crippen molar-refractivity contribution in [3.05, 3.63) is 314 Å². The first kappa shape index (κ1) is 54.1. The molecule has 96 heavy (non-hydrogen) atoms. The summed E-state index contributed by atoms with van der Waals surface area (Å²) in [5.74, 6) is -1.75. The lowest BCUT2D eigenvalue weighted by atomic mass is 9.98. The molecule has 0 amide bonds. The van der Waals surface area contributed by atoms with Crippen LogP contribution >= 0.6 is 0 Å². The van der Waals surface area contributed by atoms with E-state index in [0.717, 1.165) is 116 Å². The highest BCUT2D eigenvalue weighted by Crippen LogP contribution is 2.49. The Labute approximate surface area is 543 Å². The minimum Gasteiger partial charge on any atom is -0.309 e. The number of benzene rings is 14. The lowest BCUT2D eigenvalue weighted by Gasteiger charge is -2.24. The number of hydrogen-bond donors (Lipinski definition) is 0. The van der Waals surface area contributed by atoms with E-state index in [2.05, 4.69) is 115 Å². The molecule has 0 aliphatic rings. The van der Waals surface area contributed by atoms with Crippen LogP contribution < -0.4 is 0 Å². The molecule has 14 aromatic carbocycles. The maximum atomic E-state index is 18.2. The number of hydrogen-bond acceptors (Lipinski definition) is 0. The van der Waals surface area contributed by atoms with Crippen molar-refractivity contribution in [1.29, 1.82) is 0 Å². The Bertz CT molecular complexity index is 5800. The van der Waals surface area contributed by atoms with Crippen LogP contribution in [0.2, 0.25) is 0 Å². The fourth-order valence-electron chi connectivity index (χ4n) is 16.0. The Morgan fingerprint density at radius 3 is 0.635 bits per heavy atom. The summed E-state index contributed by atoms with van der Waals surface area (Å²) in [5, 5.41) is 11.0. The second-order valence-corrected chi connectivity index (χ2v) is 25.0. The van der Waals surface area contributed by atoms with Crippen LogP contribution in [0.1, 0.15) is 5.56 Å². The number of nitrogens with zero attached hydrogens (tertiary/aromatic N) is 6. The van der Waals surface area contributed by atoms with Gasteiger partial charge in [-0.15, -0.1) is 0 Å². The number of alkyl halides is 3. The standard InChI is InChI=1S/C85H49F5N6/c86-52-41-50(42-53(87)45-52)51-43-82(95-78-46-54(91-70-25-9-1-17-58(70)59-18-2-10-26-71(59)91)33-37-66(78)67-38-34-55(47-79(67)95)92-72-27-11-3-19-60(72)61-20-4-12-28-73(61)92)84(85(88,89)90)83(44-51)96-80-48-56(93-74-29-13-5-21-62(74)63-22-6-14-30-75(63)93)35-39-68(80)69-40-36-57(49-81(69)96)94-76-31-15-7-23-64(76)65-24-8-16-32-77(65)94/h1-49H. The minimum atomic E-state index is -5.11. The lowest BCUT2D eigenvalue weighted by Crippen LogP contribution is -2.16. The van der Waals surface area contributed by atoms with Crippen molar-refractivity contribution in [3.63, 3.8) is 0 Å². The van der Waals surface area contributed by atoms with Gasteiger partial charge in [-0.05, 0) is 132 Å². The molecule has 20 rings (SSSR count). The highest BCUT2D eigenvalue weighted by Gasteiger charge is 2.40. The van der Waals surface area contributed by atoms with Gasteiger partial charge in [0.05, 0.1) is 77.6 Å². The van der Waals surface area contributed by atoms with Crippen molar-refractivity contribution in [3.8, 4) is 45.3 Å². The number of aromatic nitrogens is 6. The summed E-state index contributed by atoms with van der Waals surface area (Å²) in [6.45, 7) is 0. The first-order chi connectivity index (χ1) is 47.1. The van der Waals surface area contributed by atoms with Gasteiger partial charge >= 0.3 is 6.18 Å². The molecule has 0 spiro atoms. The van der Waals surface area contributed by atoms with Crippen LogP contribution in [0.15, 0.2) is 297 Å². The minimum absolute atomic E-state index is 0.0548. The fourth-order valence-corrected chi connectivity index (χ4v) is 16.0. The zero-order valence-electron chi connectivity index (χ0n) is 50.9. The highest BCUT2D eigenvalue weighted by molar-refractivity contribution is 6.17. The van der Waals surface area contributed by atoms with E-state index in [9.17, 15) is 0 Å². The molecule has 20 aromatic rings. The second kappa shape index (κ2) is 20.0. The molecule has 0 atom stereocenters. The van der Waals surface area contributed by atoms with Crippen LogP contribution in [0.5, 0.6) is 0 Å². The molecule has 454 valence electrons. The third-order valence-electron chi connectivity index (χ3n) is 19.9. The maximum absolute atomic E-state index is 18.2. The predicted octanol–water partition coefficient (Wildman–Crippen LogP) is 23.2. The zero-order valence-corrected chi connectivity index (χ0v) is 50.9. The molecule has 6 nitrogen and oxygen atoms in total. The average molecular weight is 1250 g/mol. The van der Waals surface area contributed by atoms with Gasteiger partial charge in [0.1, 0.15) is 17.2 Å². The SMILES string of the molecule is Fc1cc(F)cc(-c2cc(-n3c4cc(-n5c6ccccc6c6ccccc65)ccc4c4ccc(-n5c6ccccc6c6ccccc65)cc43)c(C(F)(F)F)c(-n3c4cc(-n5c6ccccc6c6ccccc65)ccc4c4ccc(-n5c6ccccc6c6ccccc65)cc43)c2)c1. The first-order valence-corrected chi connectivity index (χ1v) is 31.9. The number of para-hydroxylation sites is 8. The molecule has 11 heteroatoms. The van der Waals surface area contributed by atoms with Crippen molar-refractivity contribution < 1.29 is 22.0 Å². The summed E-state index contributed by atoms with van der Waals surface area (Å²) in [6.07, 6.45) is -5.11. The summed E-state index contributed by atoms with van der Waals surface area (Å²) < 4.78 is 99.0. The van der Waals surface area contributed by atoms with Crippen LogP contribution in [0.3, 0.4) is 0 Å². The molecular weight excluding hydrogens is 1200 g/mol. The van der Waals surface area contributed by atoms with Crippen LogP contribution in [0, 0.1) is 11.6 Å². The normalized spacial score (nSPS) is 12.4. The molecule has 0 unspecified atom stereocenters. The monoisotopic (exact) mass is 1250 g/mol. The summed E-state index contributed by atoms with van der Waals surface area (Å²) in [7, 11) is 0. The summed E-state index contributed by atoms with van der Waals surface area (Å²) >= 11 is 0. The topological polar surface area (TPSA) is 29.6 Å². The molecule has 0 N–H and O–H groups in total. The molecule has 0 aliphatic heterocycles. The van der Waals surface area contributed by atoms with Crippen LogP contribution in [0.25, 0.3) is 176 Å². The smallest absolute Gasteiger partial charge is 0.309 e. The highest BCUT2D eigenvalue weighted by atomic mass is 19.4. The maximum Gasteiger partial charge on any atom is 0.420 e. The third kappa shape index (κ3) is 7.73. The van der Waals surface area contributed by atoms with Crippen molar-refractivity contribution in [2.24, 2.45) is 0 Å². The van der Waals surface area contributed by atoms with E-state index in [1.165, 1.54) is 24.3 Å². The molecule has 0 bridgehead atoms. The third-order valence-corrected chi connectivity index (χ3v) is 19.9. The summed E-state index contributed by atoms with van der Waals surface area (Å²) in [4.78, 5) is 0. The van der Waals surface area contributed by atoms with E-state index in [-0.39, 0.29) is 22.5 Å². The van der Waals surface area contributed by atoms with Crippen molar-refractivity contribution in [2.45, 2.75) is 6.18 Å². The average Bonchev–Trinajstić information content (AvgIpc) is 1.52. The van der Waals surface area contributed by atoms with Gasteiger partial charge in [0, 0.05) is 93.5 Å². The fraction of sp³-hybridized carbons (Fsp3) is 0.0118. The number of fused-ring (bicyclic) bond motifs is 18. The van der Waals surface area contributed by atoms with E-state index < -0.39 is 23.4 Å². The zero-order chi connectivity index (χ0) is 63.8. The molecular formula is C85H49F5N6. The van der Waals surface area contributed by atoms with Gasteiger partial charge in [-0.1, -0.05) is 170 Å². The molecule has 6 heterocycles. The first-order valence-electron chi connectivity index (χ1n) is 31.9. The summed E-state index contributed by atoms with van der Waals surface area (Å²) in [6, 6.07) is 95.5. The van der Waals surface area contributed by atoms with E-state index in [0.29, 0.717) is 43.6 Å². The molecule has 0 fully saturated rings. The Balaban J connectivity index is 0.959. The Morgan fingerprint density at radius 1 is 0.198 bits per heavy atom. The van der Waals surface area contributed by atoms with Gasteiger partial charge in [0.15, 0.2) is 0 Å². The van der Waals surface area contributed by atoms with E-state index in [4.69, 9.17) is 0 Å². The quantitative estimate of drug-likeness (QED) is 0.142. The Morgan fingerprint density at radius 2 is 0.406 bits per heavy atom. The number of halogens is 5. The molecule has 0 radical (unpaired) electrons. The predicted molar refractivity (Wildman–Crippen MR) is 383 cm³/mol. The van der Waals surface area contributed by atoms with Crippen LogP contribution in [0.4, 0.5) is 22.0 Å². The Hall–Kier alpha value is -12.5. The lowest BCUT2D eigenvalue weighted by molar-refractivity contribution is -0.137. The van der Waals surface area contributed by atoms with E-state index in [1.807, 2.05) is 170 Å². The van der Waals surface area contributed by atoms with Crippen LogP contribution in [-0.4, -0.2) is 27.4 Å². The van der Waals surface area contributed by atoms with E-state index >= 15 is 22.0 Å². The van der Waals surface area contributed by atoms with Crippen molar-refractivity contribution in [2.75, 3.05) is 0 Å². The van der Waals surface area contributed by atoms with E-state index in [1.54, 1.807) is 9.13 Å². The van der Waals surface area contributed by atoms with Gasteiger partial charge < -0.3 is 27.4 Å². The molecule has 0 saturated carbocycles. The largest absolute Gasteiger partial charge is 0.420 e. The number of rotatable bonds is 7. The van der Waals surface area contributed by atoms with Gasteiger partial charge in [-0.25, -0.2) is 8.78 Å². The molecule has 0 aliphatic carbocycles. The Kier molecular flexibility index (Phi) is 11.3. The summed E-state index contributed by atoms with van der Waals surface area (Å²) in [5.41, 5.74) is 11.0. The van der Waals surface area contributed by atoms with Gasteiger partial charge in [-0.2, -0.15) is 13.2 Å². The van der Waals surface area contributed by atoms with Crippen molar-refractivity contribution in [1.82, 2.24) is 27.4 Å². The second-order valence-electron chi connectivity index (χ2n) is 25.0. The van der Waals surface area contributed by atoms with Gasteiger partial charge in [-0.3, -0.25) is 0 Å². The van der Waals surface area contributed by atoms with Gasteiger partial charge in [0.2, 0.25) is 0 Å².